The molecule has 1 aliphatic rings. The van der Waals surface area contributed by atoms with Gasteiger partial charge in [-0.05, 0) is 6.92 Å². The largest absolute Gasteiger partial charge is 0.790 e. The summed E-state index contributed by atoms with van der Waals surface area (Å²) >= 11 is 0. The molecule has 0 amide bonds. The van der Waals surface area contributed by atoms with Crippen LogP contribution in [0, 0.1) is 0 Å². The first-order valence-electron chi connectivity index (χ1n) is 5.45. The van der Waals surface area contributed by atoms with Crippen molar-refractivity contribution in [3.8, 4) is 0 Å². The van der Waals surface area contributed by atoms with Gasteiger partial charge >= 0.3 is 0 Å². The zero-order chi connectivity index (χ0) is 16.5. The van der Waals surface area contributed by atoms with Gasteiger partial charge in [0.1, 0.15) is 0 Å². The maximum Gasteiger partial charge on any atom is 0.277 e. The summed E-state index contributed by atoms with van der Waals surface area (Å²) in [5.74, 6) is 0. The van der Waals surface area contributed by atoms with Crippen LogP contribution in [0.3, 0.4) is 0 Å². The van der Waals surface area contributed by atoms with Gasteiger partial charge in [0.2, 0.25) is 7.75 Å². The standard InChI is InChI=1S/C6H16NO11P3/c1-4-2-5(8)6(16-4)3-7-19(9,10)17-21(14,15)18-20(11,12)13/h4-6,8H,2-3H2,1H3,(H,14,15)(H2,7,9,10)(H2,11,12,13)/p-4/t4-,5?,6+/m0/s1. The van der Waals surface area contributed by atoms with Crippen molar-refractivity contribution in [1.29, 1.82) is 0 Å². The highest BCUT2D eigenvalue weighted by atomic mass is 31.3. The van der Waals surface area contributed by atoms with E-state index in [4.69, 9.17) is 4.74 Å². The number of rotatable bonds is 7. The first-order chi connectivity index (χ1) is 9.30. The van der Waals surface area contributed by atoms with Crippen molar-refractivity contribution in [3.63, 3.8) is 0 Å². The van der Waals surface area contributed by atoms with E-state index in [2.05, 4.69) is 8.62 Å². The van der Waals surface area contributed by atoms with Crippen molar-refractivity contribution in [1.82, 2.24) is 5.09 Å². The van der Waals surface area contributed by atoms with E-state index in [0.29, 0.717) is 0 Å². The zero-order valence-corrected chi connectivity index (χ0v) is 13.2. The van der Waals surface area contributed by atoms with Crippen molar-refractivity contribution in [2.45, 2.75) is 31.7 Å². The second-order valence-electron chi connectivity index (χ2n) is 4.21. The molecule has 12 nitrogen and oxygen atoms in total. The lowest BCUT2D eigenvalue weighted by Crippen LogP contribution is -2.35. The van der Waals surface area contributed by atoms with Crippen molar-refractivity contribution in [3.05, 3.63) is 0 Å². The lowest BCUT2D eigenvalue weighted by molar-refractivity contribution is -0.339. The summed E-state index contributed by atoms with van der Waals surface area (Å²) in [6.45, 7) is 1.12. The van der Waals surface area contributed by atoms with Crippen LogP contribution in [-0.4, -0.2) is 30.0 Å². The van der Waals surface area contributed by atoms with E-state index in [9.17, 15) is 38.4 Å². The van der Waals surface area contributed by atoms with Crippen LogP contribution in [-0.2, 0) is 27.1 Å². The number of ether oxygens (including phenoxy) is 1. The lowest BCUT2D eigenvalue weighted by Gasteiger charge is -2.38. The van der Waals surface area contributed by atoms with E-state index in [-0.39, 0.29) is 12.5 Å². The third-order valence-corrected chi connectivity index (χ3v) is 6.13. The van der Waals surface area contributed by atoms with Gasteiger partial charge in [0, 0.05) is 13.0 Å². The Balaban J connectivity index is 2.56. The molecule has 126 valence electrons. The molecule has 1 saturated heterocycles. The van der Waals surface area contributed by atoms with Crippen LogP contribution in [0.15, 0.2) is 0 Å². The van der Waals surface area contributed by atoms with Crippen LogP contribution in [0.4, 0.5) is 0 Å². The normalized spacial score (nSPS) is 32.6. The van der Waals surface area contributed by atoms with Crippen molar-refractivity contribution < 1.29 is 51.7 Å². The second kappa shape index (κ2) is 6.84. The fraction of sp³-hybridized carbons (Fsp3) is 1.00. The molecular formula is C6H12NO11P3-4. The second-order valence-corrected chi connectivity index (χ2v) is 8.61. The van der Waals surface area contributed by atoms with Gasteiger partial charge < -0.3 is 34.0 Å². The molecule has 0 radical (unpaired) electrons. The molecule has 0 aliphatic carbocycles. The van der Waals surface area contributed by atoms with Gasteiger partial charge in [0.25, 0.3) is 7.82 Å². The molecule has 15 heteroatoms. The maximum absolute atomic E-state index is 11.3. The van der Waals surface area contributed by atoms with Crippen LogP contribution in [0.5, 0.6) is 0 Å². The topological polar surface area (TPSA) is 203 Å². The highest BCUT2D eigenvalue weighted by Crippen LogP contribution is 2.58. The molecule has 2 N–H and O–H groups in total. The first-order valence-corrected chi connectivity index (χ1v) is 9.91. The molecular weight excluding hydrogens is 355 g/mol. The number of hydrogen-bond donors (Lipinski definition) is 2. The Labute approximate surface area is 119 Å². The summed E-state index contributed by atoms with van der Waals surface area (Å²) in [5, 5.41) is 11.1. The zero-order valence-electron chi connectivity index (χ0n) is 10.5. The summed E-state index contributed by atoms with van der Waals surface area (Å²) in [6.07, 6.45) is -1.96. The number of phosphoric acid groups is 2. The molecule has 0 aromatic heterocycles. The molecule has 1 rings (SSSR count). The molecule has 0 spiro atoms. The highest BCUT2D eigenvalue weighted by molar-refractivity contribution is 7.65. The van der Waals surface area contributed by atoms with E-state index in [0.717, 1.165) is 0 Å². The van der Waals surface area contributed by atoms with Gasteiger partial charge in [-0.15, -0.1) is 0 Å². The minimum atomic E-state index is -5.98. The third-order valence-electron chi connectivity index (χ3n) is 2.30. The van der Waals surface area contributed by atoms with Crippen LogP contribution >= 0.6 is 23.4 Å². The van der Waals surface area contributed by atoms with Crippen LogP contribution in [0.2, 0.25) is 0 Å². The highest BCUT2D eigenvalue weighted by Gasteiger charge is 2.32. The number of aliphatic hydroxyl groups is 1. The average Bonchev–Trinajstić information content (AvgIpc) is 2.48. The van der Waals surface area contributed by atoms with Gasteiger partial charge in [-0.1, -0.05) is 0 Å². The maximum atomic E-state index is 11.3. The Morgan fingerprint density at radius 3 is 2.24 bits per heavy atom. The third kappa shape index (κ3) is 7.43. The fourth-order valence-electron chi connectivity index (χ4n) is 1.62. The summed E-state index contributed by atoms with van der Waals surface area (Å²) in [7, 11) is -17.2. The predicted molar refractivity (Wildman–Crippen MR) is 58.0 cm³/mol. The number of aliphatic hydroxyl groups excluding tert-OH is 1. The SMILES string of the molecule is C[C@H]1CC(O)[C@@H](CNP(=O)([O-])OP(=O)([O-])OP(=O)([O-])[O-])O1. The van der Waals surface area contributed by atoms with Gasteiger partial charge in [-0.3, -0.25) is 22.8 Å². The molecule has 0 saturated carbocycles. The minimum absolute atomic E-state index is 0.259. The van der Waals surface area contributed by atoms with Crippen LogP contribution < -0.4 is 24.7 Å². The van der Waals surface area contributed by atoms with E-state index < -0.39 is 42.1 Å². The molecule has 1 fully saturated rings. The van der Waals surface area contributed by atoms with Gasteiger partial charge in [-0.25, -0.2) is 0 Å². The summed E-state index contributed by atoms with van der Waals surface area (Å²) in [4.78, 5) is 42.4. The van der Waals surface area contributed by atoms with E-state index in [1.807, 2.05) is 0 Å². The molecule has 0 aromatic carbocycles. The Morgan fingerprint density at radius 1 is 1.24 bits per heavy atom. The van der Waals surface area contributed by atoms with E-state index in [1.165, 1.54) is 0 Å². The minimum Gasteiger partial charge on any atom is -0.790 e. The molecule has 1 heterocycles. The molecule has 3 unspecified atom stereocenters. The molecule has 5 atom stereocenters. The smallest absolute Gasteiger partial charge is 0.277 e. The first kappa shape index (κ1) is 19.4. The molecule has 1 aliphatic heterocycles. The lowest BCUT2D eigenvalue weighted by atomic mass is 10.1. The summed E-state index contributed by atoms with van der Waals surface area (Å²) in [5.41, 5.74) is 0. The number of nitrogens with one attached hydrogen (secondary N) is 1. The Kier molecular flexibility index (Phi) is 6.31. The summed E-state index contributed by atoms with van der Waals surface area (Å²) < 4.78 is 43.9. The fourth-order valence-corrected chi connectivity index (χ4v) is 4.68. The van der Waals surface area contributed by atoms with Crippen molar-refractivity contribution >= 4 is 23.4 Å². The van der Waals surface area contributed by atoms with E-state index >= 15 is 0 Å². The van der Waals surface area contributed by atoms with E-state index in [1.54, 1.807) is 12.0 Å². The van der Waals surface area contributed by atoms with Crippen LogP contribution in [0.25, 0.3) is 0 Å². The van der Waals surface area contributed by atoms with Crippen molar-refractivity contribution in [2.75, 3.05) is 6.54 Å². The average molecular weight is 367 g/mol. The number of hydrogen-bond acceptors (Lipinski definition) is 11. The van der Waals surface area contributed by atoms with Gasteiger partial charge in [-0.2, -0.15) is 0 Å². The monoisotopic (exact) mass is 367 g/mol. The Hall–Kier alpha value is 0.330. The predicted octanol–water partition coefficient (Wildman–Crippen LogP) is -3.09. The molecule has 21 heavy (non-hydrogen) atoms. The Morgan fingerprint density at radius 2 is 1.81 bits per heavy atom. The molecule has 0 aromatic rings. The van der Waals surface area contributed by atoms with Gasteiger partial charge in [0.15, 0.2) is 0 Å². The van der Waals surface area contributed by atoms with Gasteiger partial charge in [0.05, 0.1) is 26.1 Å². The Bertz CT molecular complexity index is 504. The van der Waals surface area contributed by atoms with Crippen LogP contribution in [0.1, 0.15) is 13.3 Å². The van der Waals surface area contributed by atoms with Crippen molar-refractivity contribution in [2.24, 2.45) is 0 Å². The molecule has 0 bridgehead atoms. The summed E-state index contributed by atoms with van der Waals surface area (Å²) in [6, 6.07) is 0. The quantitative estimate of drug-likeness (QED) is 0.430.